The van der Waals surface area contributed by atoms with Gasteiger partial charge in [0.2, 0.25) is 0 Å². The van der Waals surface area contributed by atoms with Crippen LogP contribution in [0.1, 0.15) is 5.76 Å². The fourth-order valence-electron chi connectivity index (χ4n) is 2.73. The SMILES string of the molecule is O=C1NC(=O)N(c2ccncc2)C(=O)/C1=C/c1ccc(-c2ccc(F)cc2)o1. The Morgan fingerprint density at radius 3 is 2.39 bits per heavy atom. The smallest absolute Gasteiger partial charge is 0.335 e. The van der Waals surface area contributed by atoms with Gasteiger partial charge in [-0.3, -0.25) is 19.9 Å². The molecule has 0 saturated carbocycles. The molecule has 4 rings (SSSR count). The molecule has 0 spiro atoms. The van der Waals surface area contributed by atoms with Crippen LogP contribution in [-0.2, 0) is 9.59 Å². The minimum absolute atomic E-state index is 0.238. The number of rotatable bonds is 3. The highest BCUT2D eigenvalue weighted by atomic mass is 19.1. The molecule has 4 amide bonds. The van der Waals surface area contributed by atoms with Crippen molar-refractivity contribution >= 4 is 29.6 Å². The molecule has 0 radical (unpaired) electrons. The van der Waals surface area contributed by atoms with E-state index in [0.29, 0.717) is 11.3 Å². The van der Waals surface area contributed by atoms with Gasteiger partial charge in [0, 0.05) is 18.0 Å². The van der Waals surface area contributed by atoms with Gasteiger partial charge in [-0.15, -0.1) is 0 Å². The summed E-state index contributed by atoms with van der Waals surface area (Å²) in [5, 5.41) is 2.13. The minimum Gasteiger partial charge on any atom is -0.457 e. The van der Waals surface area contributed by atoms with E-state index in [1.165, 1.54) is 42.7 Å². The third-order valence-electron chi connectivity index (χ3n) is 4.06. The van der Waals surface area contributed by atoms with Crippen LogP contribution in [0.5, 0.6) is 0 Å². The number of aromatic nitrogens is 1. The second-order valence-corrected chi connectivity index (χ2v) is 5.87. The standard InChI is InChI=1S/C20H12FN3O4/c21-13-3-1-12(2-4-13)17-6-5-15(28-17)11-16-18(25)23-20(27)24(19(16)26)14-7-9-22-10-8-14/h1-11H,(H,23,25,27)/b16-11+. The van der Waals surface area contributed by atoms with E-state index in [-0.39, 0.29) is 22.8 Å². The zero-order valence-electron chi connectivity index (χ0n) is 14.3. The number of benzene rings is 1. The minimum atomic E-state index is -0.843. The van der Waals surface area contributed by atoms with Crippen molar-refractivity contribution in [2.75, 3.05) is 4.90 Å². The van der Waals surface area contributed by atoms with Crippen LogP contribution in [0, 0.1) is 5.82 Å². The summed E-state index contributed by atoms with van der Waals surface area (Å²) in [6.45, 7) is 0. The Balaban J connectivity index is 1.67. The van der Waals surface area contributed by atoms with Crippen LogP contribution < -0.4 is 10.2 Å². The number of pyridine rings is 1. The summed E-state index contributed by atoms with van der Waals surface area (Å²) in [5.74, 6) is -1.29. The molecule has 0 aliphatic carbocycles. The normalized spacial score (nSPS) is 15.8. The Kier molecular flexibility index (Phi) is 4.29. The van der Waals surface area contributed by atoms with Gasteiger partial charge >= 0.3 is 6.03 Å². The molecule has 0 bridgehead atoms. The van der Waals surface area contributed by atoms with Gasteiger partial charge in [-0.2, -0.15) is 0 Å². The lowest BCUT2D eigenvalue weighted by Gasteiger charge is -2.25. The van der Waals surface area contributed by atoms with Crippen LogP contribution in [0.4, 0.5) is 14.9 Å². The lowest BCUT2D eigenvalue weighted by Crippen LogP contribution is -2.54. The van der Waals surface area contributed by atoms with Crippen LogP contribution in [0.3, 0.4) is 0 Å². The molecule has 2 aromatic heterocycles. The number of carbonyl (C=O) groups is 3. The summed E-state index contributed by atoms with van der Waals surface area (Å²) < 4.78 is 18.7. The van der Waals surface area contributed by atoms with Crippen LogP contribution in [0.15, 0.2) is 70.9 Å². The number of anilines is 1. The molecule has 1 saturated heterocycles. The molecular formula is C20H12FN3O4. The third-order valence-corrected chi connectivity index (χ3v) is 4.06. The Hall–Kier alpha value is -4.07. The van der Waals surface area contributed by atoms with Crippen molar-refractivity contribution in [3.63, 3.8) is 0 Å². The quantitative estimate of drug-likeness (QED) is 0.559. The maximum absolute atomic E-state index is 13.1. The molecular weight excluding hydrogens is 365 g/mol. The molecule has 0 unspecified atom stereocenters. The highest BCUT2D eigenvalue weighted by Gasteiger charge is 2.37. The second kappa shape index (κ2) is 6.92. The van der Waals surface area contributed by atoms with E-state index in [2.05, 4.69) is 10.3 Å². The Morgan fingerprint density at radius 1 is 0.964 bits per heavy atom. The summed E-state index contributed by atoms with van der Waals surface area (Å²) in [6, 6.07) is 11.0. The van der Waals surface area contributed by atoms with E-state index in [1.807, 2.05) is 0 Å². The van der Waals surface area contributed by atoms with Crippen molar-refractivity contribution in [1.29, 1.82) is 0 Å². The van der Waals surface area contributed by atoms with E-state index in [0.717, 1.165) is 4.90 Å². The lowest BCUT2D eigenvalue weighted by atomic mass is 10.1. The number of imide groups is 2. The predicted octanol–water partition coefficient (Wildman–Crippen LogP) is 3.15. The first-order valence-electron chi connectivity index (χ1n) is 8.20. The Morgan fingerprint density at radius 2 is 1.68 bits per heavy atom. The average molecular weight is 377 g/mol. The average Bonchev–Trinajstić information content (AvgIpc) is 3.15. The molecule has 1 N–H and O–H groups in total. The number of furan rings is 1. The van der Waals surface area contributed by atoms with Gasteiger partial charge in [0.15, 0.2) is 0 Å². The number of urea groups is 1. The molecule has 1 aliphatic heterocycles. The fourth-order valence-corrected chi connectivity index (χ4v) is 2.73. The van der Waals surface area contributed by atoms with Gasteiger partial charge < -0.3 is 4.42 Å². The van der Waals surface area contributed by atoms with E-state index in [1.54, 1.807) is 24.3 Å². The van der Waals surface area contributed by atoms with Gasteiger partial charge in [0.1, 0.15) is 22.9 Å². The number of halogens is 1. The first kappa shape index (κ1) is 17.3. The summed E-state index contributed by atoms with van der Waals surface area (Å²) >= 11 is 0. The van der Waals surface area contributed by atoms with Crippen molar-refractivity contribution in [3.8, 4) is 11.3 Å². The third kappa shape index (κ3) is 3.18. The topological polar surface area (TPSA) is 92.5 Å². The van der Waals surface area contributed by atoms with Crippen LogP contribution in [-0.4, -0.2) is 22.8 Å². The Labute approximate surface area is 158 Å². The molecule has 1 fully saturated rings. The Bertz CT molecular complexity index is 1100. The zero-order chi connectivity index (χ0) is 19.7. The summed E-state index contributed by atoms with van der Waals surface area (Å²) in [7, 11) is 0. The van der Waals surface area contributed by atoms with E-state index < -0.39 is 17.8 Å². The fraction of sp³-hybridized carbons (Fsp3) is 0. The maximum Gasteiger partial charge on any atom is 0.335 e. The molecule has 1 aromatic carbocycles. The summed E-state index contributed by atoms with van der Waals surface area (Å²) in [4.78, 5) is 41.7. The monoisotopic (exact) mass is 377 g/mol. The van der Waals surface area contributed by atoms with Gasteiger partial charge in [0.25, 0.3) is 11.8 Å². The summed E-state index contributed by atoms with van der Waals surface area (Å²) in [6.07, 6.45) is 4.11. The van der Waals surface area contributed by atoms with Gasteiger partial charge in [-0.25, -0.2) is 14.1 Å². The molecule has 3 aromatic rings. The molecule has 8 heteroatoms. The van der Waals surface area contributed by atoms with Crippen molar-refractivity contribution in [2.45, 2.75) is 0 Å². The first-order valence-corrected chi connectivity index (χ1v) is 8.20. The molecule has 7 nitrogen and oxygen atoms in total. The van der Waals surface area contributed by atoms with Crippen molar-refractivity contribution in [3.05, 3.63) is 78.1 Å². The molecule has 138 valence electrons. The van der Waals surface area contributed by atoms with Gasteiger partial charge in [-0.1, -0.05) is 0 Å². The lowest BCUT2D eigenvalue weighted by molar-refractivity contribution is -0.122. The molecule has 3 heterocycles. The highest BCUT2D eigenvalue weighted by Crippen LogP contribution is 2.25. The second-order valence-electron chi connectivity index (χ2n) is 5.87. The number of barbiturate groups is 1. The number of nitrogens with zero attached hydrogens (tertiary/aromatic N) is 2. The number of carbonyl (C=O) groups excluding carboxylic acids is 3. The maximum atomic E-state index is 13.1. The predicted molar refractivity (Wildman–Crippen MR) is 97.3 cm³/mol. The van der Waals surface area contributed by atoms with E-state index in [9.17, 15) is 18.8 Å². The number of hydrogen-bond donors (Lipinski definition) is 1. The van der Waals surface area contributed by atoms with Crippen LogP contribution in [0.2, 0.25) is 0 Å². The van der Waals surface area contributed by atoms with Crippen LogP contribution >= 0.6 is 0 Å². The highest BCUT2D eigenvalue weighted by molar-refractivity contribution is 6.39. The number of nitrogens with one attached hydrogen (secondary N) is 1. The van der Waals surface area contributed by atoms with E-state index >= 15 is 0 Å². The number of amides is 4. The number of hydrogen-bond acceptors (Lipinski definition) is 5. The van der Waals surface area contributed by atoms with Crippen LogP contribution in [0.25, 0.3) is 17.4 Å². The molecule has 0 atom stereocenters. The molecule has 28 heavy (non-hydrogen) atoms. The first-order chi connectivity index (χ1) is 13.5. The van der Waals surface area contributed by atoms with Crippen molar-refractivity contribution in [1.82, 2.24) is 10.3 Å². The molecule has 1 aliphatic rings. The van der Waals surface area contributed by atoms with Gasteiger partial charge in [-0.05, 0) is 54.6 Å². The zero-order valence-corrected chi connectivity index (χ0v) is 14.3. The van der Waals surface area contributed by atoms with E-state index in [4.69, 9.17) is 4.42 Å². The van der Waals surface area contributed by atoms with Gasteiger partial charge in [0.05, 0.1) is 5.69 Å². The summed E-state index contributed by atoms with van der Waals surface area (Å²) in [5.41, 5.74) is 0.665. The largest absolute Gasteiger partial charge is 0.457 e. The van der Waals surface area contributed by atoms with Crippen molar-refractivity contribution < 1.29 is 23.2 Å². The van der Waals surface area contributed by atoms with Crippen molar-refractivity contribution in [2.24, 2.45) is 0 Å².